The lowest BCUT2D eigenvalue weighted by molar-refractivity contribution is -0.302. The maximum atomic E-state index is 13.1. The second kappa shape index (κ2) is 56.4. The Morgan fingerprint density at radius 3 is 1.25 bits per heavy atom. The van der Waals surface area contributed by atoms with Crippen molar-refractivity contribution in [3.05, 3.63) is 97.2 Å². The number of hydrogen-bond acceptors (Lipinski definition) is 8. The van der Waals surface area contributed by atoms with Gasteiger partial charge in [-0.05, 0) is 89.9 Å². The molecule has 9 nitrogen and oxygen atoms in total. The Balaban J connectivity index is 2.20. The van der Waals surface area contributed by atoms with Crippen LogP contribution >= 0.6 is 0 Å². The number of unbranched alkanes of at least 4 members (excludes halogenated alkanes) is 30. The van der Waals surface area contributed by atoms with Crippen LogP contribution in [0, 0.1) is 0 Å². The normalized spacial score (nSPS) is 19.4. The topological polar surface area (TPSA) is 149 Å². The van der Waals surface area contributed by atoms with Crippen LogP contribution in [0.25, 0.3) is 0 Å². The zero-order valence-corrected chi connectivity index (χ0v) is 49.4. The Hall–Kier alpha value is -2.89. The fourth-order valence-electron chi connectivity index (χ4n) is 9.63. The molecule has 1 aliphatic rings. The van der Waals surface area contributed by atoms with Crippen LogP contribution in [0.3, 0.4) is 0 Å². The average molecular weight is 1080 g/mol. The zero-order chi connectivity index (χ0) is 55.8. The van der Waals surface area contributed by atoms with Crippen molar-refractivity contribution in [1.82, 2.24) is 5.32 Å². The van der Waals surface area contributed by atoms with Crippen LogP contribution in [0.2, 0.25) is 0 Å². The molecule has 0 aromatic heterocycles. The standard InChI is InChI=1S/C68H119NO8/c1-3-5-7-9-11-13-15-17-19-21-23-25-27-28-29-30-31-32-33-34-36-38-40-42-44-46-48-50-52-54-56-58-64(72)69-61(60-76-68-67(75)66(74)65(73)63(59-70)77-68)62(71)57-55-53-51-49-47-45-43-41-39-37-35-26-24-22-20-18-16-14-12-10-8-6-4-2/h5,7,11,13,17,19,23,25,28-29,39,41,47,49,55,57,61-63,65-68,70-71,73-75H,3-4,6,8-10,12,14-16,18,20-22,24,26-27,30-38,40,42-46,48,50-54,56,58-60H2,1-2H3,(H,69,72)/b7-5-,13-11-,19-17-,25-23-,29-28-,41-39+,49-47+,57-55+. The summed E-state index contributed by atoms with van der Waals surface area (Å²) in [7, 11) is 0. The first-order valence-corrected chi connectivity index (χ1v) is 32.0. The predicted molar refractivity (Wildman–Crippen MR) is 327 cm³/mol. The van der Waals surface area contributed by atoms with Crippen molar-refractivity contribution >= 4 is 5.91 Å². The van der Waals surface area contributed by atoms with Gasteiger partial charge < -0.3 is 40.3 Å². The Morgan fingerprint density at radius 1 is 0.455 bits per heavy atom. The molecule has 7 unspecified atom stereocenters. The molecule has 0 aromatic rings. The Morgan fingerprint density at radius 2 is 0.818 bits per heavy atom. The third-order valence-corrected chi connectivity index (χ3v) is 14.6. The second-order valence-electron chi connectivity index (χ2n) is 21.8. The van der Waals surface area contributed by atoms with Crippen LogP contribution in [0.15, 0.2) is 97.2 Å². The van der Waals surface area contributed by atoms with E-state index in [0.29, 0.717) is 6.42 Å². The minimum Gasteiger partial charge on any atom is -0.394 e. The molecule has 6 N–H and O–H groups in total. The molecule has 1 aliphatic heterocycles. The molecule has 0 spiro atoms. The van der Waals surface area contributed by atoms with Crippen LogP contribution in [-0.4, -0.2) is 87.5 Å². The quantitative estimate of drug-likeness (QED) is 0.0261. The summed E-state index contributed by atoms with van der Waals surface area (Å²) >= 11 is 0. The van der Waals surface area contributed by atoms with Gasteiger partial charge in [-0.2, -0.15) is 0 Å². The highest BCUT2D eigenvalue weighted by molar-refractivity contribution is 5.76. The molecular weight excluding hydrogens is 959 g/mol. The molecular formula is C68H119NO8. The molecule has 7 atom stereocenters. The Labute approximate surface area is 473 Å². The molecule has 0 aromatic carbocycles. The van der Waals surface area contributed by atoms with E-state index in [4.69, 9.17) is 9.47 Å². The molecule has 0 radical (unpaired) electrons. The number of aliphatic hydroxyl groups is 5. The minimum absolute atomic E-state index is 0.192. The van der Waals surface area contributed by atoms with Crippen molar-refractivity contribution in [2.24, 2.45) is 0 Å². The lowest BCUT2D eigenvalue weighted by Crippen LogP contribution is -2.60. The lowest BCUT2D eigenvalue weighted by atomic mass is 9.99. The Bertz CT molecular complexity index is 1530. The van der Waals surface area contributed by atoms with Gasteiger partial charge in [0.25, 0.3) is 0 Å². The summed E-state index contributed by atoms with van der Waals surface area (Å²) in [4.78, 5) is 13.1. The molecule has 1 fully saturated rings. The summed E-state index contributed by atoms with van der Waals surface area (Å²) in [5.41, 5.74) is 0. The van der Waals surface area contributed by atoms with E-state index in [1.54, 1.807) is 6.08 Å². The fraction of sp³-hybridized carbons (Fsp3) is 0.750. The average Bonchev–Trinajstić information content (AvgIpc) is 3.43. The van der Waals surface area contributed by atoms with Crippen LogP contribution < -0.4 is 5.32 Å². The van der Waals surface area contributed by atoms with Crippen molar-refractivity contribution in [3.8, 4) is 0 Å². The molecule has 1 amide bonds. The summed E-state index contributed by atoms with van der Waals surface area (Å²) in [5, 5.41) is 54.6. The summed E-state index contributed by atoms with van der Waals surface area (Å²) in [6.07, 6.45) is 74.9. The highest BCUT2D eigenvalue weighted by Gasteiger charge is 2.44. The summed E-state index contributed by atoms with van der Waals surface area (Å²) < 4.78 is 11.3. The van der Waals surface area contributed by atoms with Gasteiger partial charge in [0.2, 0.25) is 5.91 Å². The molecule has 0 bridgehead atoms. The molecule has 1 heterocycles. The second-order valence-corrected chi connectivity index (χ2v) is 21.8. The molecule has 1 saturated heterocycles. The largest absolute Gasteiger partial charge is 0.394 e. The van der Waals surface area contributed by atoms with Crippen molar-refractivity contribution in [2.45, 2.75) is 314 Å². The maximum Gasteiger partial charge on any atom is 0.220 e. The maximum absolute atomic E-state index is 13.1. The van der Waals surface area contributed by atoms with Crippen molar-refractivity contribution < 1.29 is 39.8 Å². The SMILES string of the molecule is CC/C=C\C/C=C\C/C=C\C/C=C\C/C=C\CCCCCCCCCCCCCCCCCC(=O)NC(COC1OC(CO)C(O)C(O)C1O)C(O)/C=C/CC/C=C/CC/C=C/CCCCCCCCCCCCCCC. The van der Waals surface area contributed by atoms with Gasteiger partial charge in [-0.25, -0.2) is 0 Å². The van der Waals surface area contributed by atoms with E-state index in [2.05, 4.69) is 104 Å². The number of rotatable bonds is 54. The van der Waals surface area contributed by atoms with E-state index in [-0.39, 0.29) is 12.5 Å². The molecule has 0 aliphatic carbocycles. The van der Waals surface area contributed by atoms with Gasteiger partial charge in [0, 0.05) is 6.42 Å². The van der Waals surface area contributed by atoms with Gasteiger partial charge >= 0.3 is 0 Å². The highest BCUT2D eigenvalue weighted by Crippen LogP contribution is 2.23. The molecule has 0 saturated carbocycles. The van der Waals surface area contributed by atoms with Gasteiger partial charge in [0.05, 0.1) is 25.4 Å². The van der Waals surface area contributed by atoms with E-state index in [9.17, 15) is 30.3 Å². The number of carbonyl (C=O) groups excluding carboxylic acids is 1. The lowest BCUT2D eigenvalue weighted by Gasteiger charge is -2.40. The predicted octanol–water partition coefficient (Wildman–Crippen LogP) is 16.7. The van der Waals surface area contributed by atoms with Gasteiger partial charge in [0.15, 0.2) is 6.29 Å². The highest BCUT2D eigenvalue weighted by atomic mass is 16.7. The first kappa shape index (κ1) is 72.1. The zero-order valence-electron chi connectivity index (χ0n) is 49.4. The third-order valence-electron chi connectivity index (χ3n) is 14.6. The minimum atomic E-state index is -1.58. The summed E-state index contributed by atoms with van der Waals surface area (Å²) in [6, 6.07) is -0.834. The molecule has 1 rings (SSSR count). The van der Waals surface area contributed by atoms with Crippen molar-refractivity contribution in [1.29, 1.82) is 0 Å². The van der Waals surface area contributed by atoms with Gasteiger partial charge in [-0.1, -0.05) is 272 Å². The third kappa shape index (κ3) is 45.5. The van der Waals surface area contributed by atoms with Gasteiger partial charge in [0.1, 0.15) is 24.4 Å². The summed E-state index contributed by atoms with van der Waals surface area (Å²) in [6.45, 7) is 3.66. The van der Waals surface area contributed by atoms with E-state index in [0.717, 1.165) is 77.0 Å². The van der Waals surface area contributed by atoms with E-state index in [1.165, 1.54) is 173 Å². The van der Waals surface area contributed by atoms with Crippen LogP contribution in [0.4, 0.5) is 0 Å². The number of aliphatic hydroxyl groups excluding tert-OH is 5. The number of hydrogen-bond donors (Lipinski definition) is 6. The van der Waals surface area contributed by atoms with Crippen LogP contribution in [0.1, 0.15) is 271 Å². The number of allylic oxidation sites excluding steroid dienone is 15. The first-order valence-electron chi connectivity index (χ1n) is 32.0. The smallest absolute Gasteiger partial charge is 0.220 e. The van der Waals surface area contributed by atoms with Gasteiger partial charge in [-0.15, -0.1) is 0 Å². The van der Waals surface area contributed by atoms with Crippen molar-refractivity contribution in [3.63, 3.8) is 0 Å². The van der Waals surface area contributed by atoms with E-state index >= 15 is 0 Å². The molecule has 9 heteroatoms. The Kier molecular flexibility index (Phi) is 52.8. The van der Waals surface area contributed by atoms with E-state index in [1.807, 2.05) is 6.08 Å². The number of ether oxygens (including phenoxy) is 2. The number of carbonyl (C=O) groups is 1. The molecule has 444 valence electrons. The van der Waals surface area contributed by atoms with Gasteiger partial charge in [-0.3, -0.25) is 4.79 Å². The number of nitrogens with one attached hydrogen (secondary N) is 1. The first-order chi connectivity index (χ1) is 37.8. The monoisotopic (exact) mass is 1080 g/mol. The fourth-order valence-corrected chi connectivity index (χ4v) is 9.63. The van der Waals surface area contributed by atoms with Crippen molar-refractivity contribution in [2.75, 3.05) is 13.2 Å². The van der Waals surface area contributed by atoms with E-state index < -0.39 is 49.5 Å². The summed E-state index contributed by atoms with van der Waals surface area (Å²) in [5.74, 6) is -0.192. The van der Waals surface area contributed by atoms with Crippen LogP contribution in [-0.2, 0) is 14.3 Å². The number of amides is 1. The van der Waals surface area contributed by atoms with Crippen LogP contribution in [0.5, 0.6) is 0 Å². The molecule has 77 heavy (non-hydrogen) atoms.